The molecule has 0 unspecified atom stereocenters. The van der Waals surface area contributed by atoms with Crippen LogP contribution in [0.25, 0.3) is 0 Å². The Labute approximate surface area is 163 Å². The van der Waals surface area contributed by atoms with E-state index in [1.54, 1.807) is 0 Å². The van der Waals surface area contributed by atoms with Crippen LogP contribution in [-0.2, 0) is 22.4 Å². The molecule has 27 heavy (non-hydrogen) atoms. The number of benzene rings is 2. The first-order chi connectivity index (χ1) is 13.1. The molecule has 140 valence electrons. The van der Waals surface area contributed by atoms with Crippen molar-refractivity contribution in [3.63, 3.8) is 0 Å². The van der Waals surface area contributed by atoms with Crippen molar-refractivity contribution in [2.24, 2.45) is 0 Å². The van der Waals surface area contributed by atoms with Gasteiger partial charge in [-0.1, -0.05) is 17.7 Å². The summed E-state index contributed by atoms with van der Waals surface area (Å²) in [5.74, 6) is 0.228. The summed E-state index contributed by atoms with van der Waals surface area (Å²) in [6, 6.07) is 13.6. The van der Waals surface area contributed by atoms with E-state index >= 15 is 0 Å². The summed E-state index contributed by atoms with van der Waals surface area (Å²) < 4.78 is 0. The molecule has 1 aliphatic carbocycles. The lowest BCUT2D eigenvalue weighted by atomic mass is 10.1. The van der Waals surface area contributed by atoms with E-state index in [4.69, 9.17) is 11.6 Å². The Hall–Kier alpha value is -2.37. The minimum atomic E-state index is -0.0146. The second kappa shape index (κ2) is 7.71. The molecule has 0 radical (unpaired) electrons. The molecule has 0 bridgehead atoms. The van der Waals surface area contributed by atoms with E-state index < -0.39 is 0 Å². The summed E-state index contributed by atoms with van der Waals surface area (Å²) in [6.45, 7) is 3.83. The van der Waals surface area contributed by atoms with Gasteiger partial charge in [-0.3, -0.25) is 14.5 Å². The predicted molar refractivity (Wildman–Crippen MR) is 108 cm³/mol. The number of halogens is 1. The Morgan fingerprint density at radius 3 is 2.41 bits per heavy atom. The average Bonchev–Trinajstić information content (AvgIpc) is 3.02. The van der Waals surface area contributed by atoms with Crippen LogP contribution in [0.1, 0.15) is 11.1 Å². The summed E-state index contributed by atoms with van der Waals surface area (Å²) in [5.41, 5.74) is 4.05. The lowest BCUT2D eigenvalue weighted by Crippen LogP contribution is -2.48. The lowest BCUT2D eigenvalue weighted by Gasteiger charge is -2.35. The van der Waals surface area contributed by atoms with E-state index in [0.29, 0.717) is 19.4 Å². The van der Waals surface area contributed by atoms with E-state index in [1.165, 1.54) is 0 Å². The molecule has 1 aliphatic heterocycles. The van der Waals surface area contributed by atoms with Crippen LogP contribution in [0.3, 0.4) is 0 Å². The fraction of sp³-hybridized carbons (Fsp3) is 0.333. The van der Waals surface area contributed by atoms with E-state index in [-0.39, 0.29) is 11.7 Å². The van der Waals surface area contributed by atoms with Crippen LogP contribution in [0.5, 0.6) is 0 Å². The molecule has 1 heterocycles. The molecular formula is C21H22ClN3O2. The number of amides is 1. The van der Waals surface area contributed by atoms with Crippen LogP contribution in [0.4, 0.5) is 11.4 Å². The standard InChI is InChI=1S/C21H22ClN3O2/c22-17-2-5-19(6-3-17)25-9-7-24(8-10-25)14-21(27)23-18-4-1-15-12-20(26)13-16(15)11-18/h1-6,11H,7-10,12-14H2,(H,23,27). The number of hydrogen-bond donors (Lipinski definition) is 1. The van der Waals surface area contributed by atoms with Crippen molar-refractivity contribution in [2.75, 3.05) is 42.9 Å². The summed E-state index contributed by atoms with van der Waals surface area (Å²) in [4.78, 5) is 28.4. The maximum atomic E-state index is 12.4. The molecule has 1 amide bonds. The van der Waals surface area contributed by atoms with Crippen LogP contribution in [0.15, 0.2) is 42.5 Å². The summed E-state index contributed by atoms with van der Waals surface area (Å²) >= 11 is 5.95. The first-order valence-electron chi connectivity index (χ1n) is 9.23. The molecule has 2 aromatic rings. The van der Waals surface area contributed by atoms with Crippen molar-refractivity contribution in [3.8, 4) is 0 Å². The molecule has 1 saturated heterocycles. The highest BCUT2D eigenvalue weighted by molar-refractivity contribution is 6.30. The second-order valence-corrected chi connectivity index (χ2v) is 7.60. The number of rotatable bonds is 4. The molecular weight excluding hydrogens is 362 g/mol. The van der Waals surface area contributed by atoms with E-state index in [2.05, 4.69) is 15.1 Å². The van der Waals surface area contributed by atoms with Gasteiger partial charge in [-0.15, -0.1) is 0 Å². The number of ketones is 1. The zero-order chi connectivity index (χ0) is 18.8. The van der Waals surface area contributed by atoms with Gasteiger partial charge in [-0.25, -0.2) is 0 Å². The number of nitrogens with one attached hydrogen (secondary N) is 1. The molecule has 1 fully saturated rings. The van der Waals surface area contributed by atoms with E-state index in [1.807, 2.05) is 42.5 Å². The maximum Gasteiger partial charge on any atom is 0.238 e. The molecule has 2 aliphatic rings. The van der Waals surface area contributed by atoms with Gasteiger partial charge < -0.3 is 10.2 Å². The highest BCUT2D eigenvalue weighted by atomic mass is 35.5. The Balaban J connectivity index is 1.28. The Kier molecular flexibility index (Phi) is 5.14. The number of carbonyl (C=O) groups is 2. The Morgan fingerprint density at radius 1 is 0.963 bits per heavy atom. The number of hydrogen-bond acceptors (Lipinski definition) is 4. The number of anilines is 2. The summed E-state index contributed by atoms with van der Waals surface area (Å²) in [7, 11) is 0. The van der Waals surface area contributed by atoms with Gasteiger partial charge in [0.05, 0.1) is 6.54 Å². The molecule has 2 aromatic carbocycles. The van der Waals surface area contributed by atoms with E-state index in [9.17, 15) is 9.59 Å². The van der Waals surface area contributed by atoms with Gasteiger partial charge in [-0.2, -0.15) is 0 Å². The quantitative estimate of drug-likeness (QED) is 0.882. The third kappa shape index (κ3) is 4.31. The molecule has 0 aromatic heterocycles. The van der Waals surface area contributed by atoms with Crippen LogP contribution >= 0.6 is 11.6 Å². The van der Waals surface area contributed by atoms with Gasteiger partial charge in [0, 0.05) is 55.4 Å². The second-order valence-electron chi connectivity index (χ2n) is 7.16. The normalized spacial score (nSPS) is 17.1. The molecule has 0 spiro atoms. The zero-order valence-corrected chi connectivity index (χ0v) is 15.8. The molecule has 4 rings (SSSR count). The number of carbonyl (C=O) groups excluding carboxylic acids is 2. The Bertz CT molecular complexity index is 858. The zero-order valence-electron chi connectivity index (χ0n) is 15.1. The van der Waals surface area contributed by atoms with E-state index in [0.717, 1.165) is 53.7 Å². The van der Waals surface area contributed by atoms with Crippen LogP contribution < -0.4 is 10.2 Å². The van der Waals surface area contributed by atoms with Crippen molar-refractivity contribution in [3.05, 3.63) is 58.6 Å². The van der Waals surface area contributed by atoms with Crippen LogP contribution in [0, 0.1) is 0 Å². The van der Waals surface area contributed by atoms with Gasteiger partial charge in [0.2, 0.25) is 5.91 Å². The summed E-state index contributed by atoms with van der Waals surface area (Å²) in [5, 5.41) is 3.70. The Morgan fingerprint density at radius 2 is 1.67 bits per heavy atom. The van der Waals surface area contributed by atoms with Gasteiger partial charge >= 0.3 is 0 Å². The number of nitrogens with zero attached hydrogens (tertiary/aromatic N) is 2. The average molecular weight is 384 g/mol. The smallest absolute Gasteiger partial charge is 0.238 e. The van der Waals surface area contributed by atoms with Gasteiger partial charge in [0.15, 0.2) is 0 Å². The number of fused-ring (bicyclic) bond motifs is 1. The van der Waals surface area contributed by atoms with Gasteiger partial charge in [-0.05, 0) is 47.5 Å². The van der Waals surface area contributed by atoms with Crippen molar-refractivity contribution < 1.29 is 9.59 Å². The van der Waals surface area contributed by atoms with Crippen molar-refractivity contribution in [1.82, 2.24) is 4.90 Å². The fourth-order valence-electron chi connectivity index (χ4n) is 3.75. The first-order valence-corrected chi connectivity index (χ1v) is 9.61. The number of piperazine rings is 1. The highest BCUT2D eigenvalue weighted by Crippen LogP contribution is 2.23. The monoisotopic (exact) mass is 383 g/mol. The molecule has 5 nitrogen and oxygen atoms in total. The summed E-state index contributed by atoms with van der Waals surface area (Å²) in [6.07, 6.45) is 0.993. The SMILES string of the molecule is O=C1Cc2ccc(NC(=O)CN3CCN(c4ccc(Cl)cc4)CC3)cc2C1. The predicted octanol–water partition coefficient (Wildman–Crippen LogP) is 2.77. The van der Waals surface area contributed by atoms with Crippen LogP contribution in [0.2, 0.25) is 5.02 Å². The van der Waals surface area contributed by atoms with Gasteiger partial charge in [0.1, 0.15) is 5.78 Å². The van der Waals surface area contributed by atoms with Crippen molar-refractivity contribution >= 4 is 34.7 Å². The third-order valence-corrected chi connectivity index (χ3v) is 5.45. The minimum Gasteiger partial charge on any atom is -0.369 e. The molecule has 0 saturated carbocycles. The van der Waals surface area contributed by atoms with Gasteiger partial charge in [0.25, 0.3) is 0 Å². The minimum absolute atomic E-state index is 0.0146. The first kappa shape index (κ1) is 18.0. The largest absolute Gasteiger partial charge is 0.369 e. The number of Topliss-reactive ketones (excluding diaryl/α,β-unsaturated/α-hetero) is 1. The molecule has 1 N–H and O–H groups in total. The topological polar surface area (TPSA) is 52.7 Å². The molecule has 6 heteroatoms. The maximum absolute atomic E-state index is 12.4. The third-order valence-electron chi connectivity index (χ3n) is 5.20. The fourth-order valence-corrected chi connectivity index (χ4v) is 3.87. The van der Waals surface area contributed by atoms with Crippen LogP contribution in [-0.4, -0.2) is 49.3 Å². The van der Waals surface area contributed by atoms with Crippen molar-refractivity contribution in [1.29, 1.82) is 0 Å². The lowest BCUT2D eigenvalue weighted by molar-refractivity contribution is -0.118. The molecule has 0 atom stereocenters. The van der Waals surface area contributed by atoms with Crippen molar-refractivity contribution in [2.45, 2.75) is 12.8 Å². The highest BCUT2D eigenvalue weighted by Gasteiger charge is 2.21.